The Morgan fingerprint density at radius 1 is 1.05 bits per heavy atom. The molecule has 0 bridgehead atoms. The Bertz CT molecular complexity index is 1580. The second-order valence-electron chi connectivity index (χ2n) is 10.4. The number of fused-ring (bicyclic) bond motifs is 2. The molecule has 192 valence electrons. The maximum absolute atomic E-state index is 5.12. The molecule has 2 atom stereocenters. The minimum absolute atomic E-state index is 0.348. The van der Waals surface area contributed by atoms with E-state index in [0.29, 0.717) is 35.5 Å². The van der Waals surface area contributed by atoms with E-state index in [2.05, 4.69) is 42.9 Å². The van der Waals surface area contributed by atoms with Crippen molar-refractivity contribution < 1.29 is 0 Å². The minimum atomic E-state index is 0.348. The second-order valence-corrected chi connectivity index (χ2v) is 10.4. The molecule has 0 aromatic carbocycles. The van der Waals surface area contributed by atoms with Crippen molar-refractivity contribution in [3.63, 3.8) is 0 Å². The molecule has 10 heteroatoms. The Labute approximate surface area is 220 Å². The van der Waals surface area contributed by atoms with Crippen LogP contribution in [0.3, 0.4) is 0 Å². The van der Waals surface area contributed by atoms with Crippen LogP contribution < -0.4 is 16.0 Å². The molecule has 1 aliphatic carbocycles. The standard InChI is InChI=1S/C28H30N10/c1-17-14-29-10-9-21(17)32-27-25-20(18-5-4-6-18)15-30-16-22(25)33-26(36-27)19-8-11-31-23(13-19)34-28-35-24-7-2-3-12-38(24)37-28/h2-3,7-8,11-13,15-18,21,29H,4-6,9-10,14H2,1H3,(H,31,34,37)(H,32,33,36). The van der Waals surface area contributed by atoms with Gasteiger partial charge in [-0.05, 0) is 74.0 Å². The van der Waals surface area contributed by atoms with Gasteiger partial charge in [-0.1, -0.05) is 19.4 Å². The highest BCUT2D eigenvalue weighted by Crippen LogP contribution is 2.41. The highest BCUT2D eigenvalue weighted by atomic mass is 15.3. The predicted octanol–water partition coefficient (Wildman–Crippen LogP) is 4.55. The van der Waals surface area contributed by atoms with E-state index in [9.17, 15) is 0 Å². The summed E-state index contributed by atoms with van der Waals surface area (Å²) < 4.78 is 1.73. The first-order valence-corrected chi connectivity index (χ1v) is 13.4. The molecule has 2 aliphatic rings. The fourth-order valence-electron chi connectivity index (χ4n) is 5.41. The van der Waals surface area contributed by atoms with Crippen molar-refractivity contribution in [1.82, 2.24) is 39.9 Å². The largest absolute Gasteiger partial charge is 0.366 e. The van der Waals surface area contributed by atoms with Crippen LogP contribution in [0.4, 0.5) is 17.6 Å². The lowest BCUT2D eigenvalue weighted by molar-refractivity contribution is 0.368. The van der Waals surface area contributed by atoms with Gasteiger partial charge in [0.15, 0.2) is 11.5 Å². The molecule has 0 spiro atoms. The third kappa shape index (κ3) is 4.30. The van der Waals surface area contributed by atoms with Gasteiger partial charge in [-0.2, -0.15) is 4.98 Å². The van der Waals surface area contributed by atoms with Crippen LogP contribution in [-0.4, -0.2) is 53.7 Å². The summed E-state index contributed by atoms with van der Waals surface area (Å²) in [7, 11) is 0. The van der Waals surface area contributed by atoms with Gasteiger partial charge in [0.05, 0.1) is 11.7 Å². The van der Waals surface area contributed by atoms with E-state index < -0.39 is 0 Å². The molecule has 38 heavy (non-hydrogen) atoms. The quantitative estimate of drug-likeness (QED) is 0.305. The van der Waals surface area contributed by atoms with E-state index in [4.69, 9.17) is 9.97 Å². The zero-order chi connectivity index (χ0) is 25.5. The van der Waals surface area contributed by atoms with Crippen LogP contribution in [0.2, 0.25) is 0 Å². The molecule has 1 saturated heterocycles. The molecule has 2 unspecified atom stereocenters. The molecule has 10 nitrogen and oxygen atoms in total. The van der Waals surface area contributed by atoms with Gasteiger partial charge >= 0.3 is 0 Å². The highest BCUT2D eigenvalue weighted by Gasteiger charge is 2.27. The van der Waals surface area contributed by atoms with Gasteiger partial charge < -0.3 is 16.0 Å². The van der Waals surface area contributed by atoms with Crippen LogP contribution in [0.1, 0.15) is 44.1 Å². The number of pyridine rings is 3. The van der Waals surface area contributed by atoms with E-state index in [1.54, 1.807) is 10.7 Å². The monoisotopic (exact) mass is 506 g/mol. The highest BCUT2D eigenvalue weighted by molar-refractivity contribution is 5.93. The van der Waals surface area contributed by atoms with E-state index in [1.807, 2.05) is 48.9 Å². The molecule has 6 heterocycles. The lowest BCUT2D eigenvalue weighted by Gasteiger charge is -2.32. The van der Waals surface area contributed by atoms with Crippen molar-refractivity contribution in [1.29, 1.82) is 0 Å². The van der Waals surface area contributed by atoms with Crippen molar-refractivity contribution in [2.45, 2.75) is 44.6 Å². The molecule has 0 radical (unpaired) electrons. The van der Waals surface area contributed by atoms with E-state index >= 15 is 0 Å². The number of hydrogen-bond acceptors (Lipinski definition) is 9. The third-order valence-electron chi connectivity index (χ3n) is 7.79. The third-order valence-corrected chi connectivity index (χ3v) is 7.79. The molecule has 5 aromatic rings. The Morgan fingerprint density at radius 2 is 2.00 bits per heavy atom. The summed E-state index contributed by atoms with van der Waals surface area (Å²) >= 11 is 0. The van der Waals surface area contributed by atoms with Crippen LogP contribution in [0.25, 0.3) is 27.9 Å². The molecule has 1 saturated carbocycles. The van der Waals surface area contributed by atoms with Gasteiger partial charge in [0, 0.05) is 35.6 Å². The van der Waals surface area contributed by atoms with Gasteiger partial charge in [0.1, 0.15) is 11.6 Å². The number of anilines is 3. The van der Waals surface area contributed by atoms with Gasteiger partial charge in [0.2, 0.25) is 5.95 Å². The molecule has 2 fully saturated rings. The smallest absolute Gasteiger partial charge is 0.248 e. The number of nitrogens with one attached hydrogen (secondary N) is 3. The van der Waals surface area contributed by atoms with Crippen LogP contribution in [0, 0.1) is 5.92 Å². The zero-order valence-corrected chi connectivity index (χ0v) is 21.3. The van der Waals surface area contributed by atoms with E-state index in [1.165, 1.54) is 24.8 Å². The molecule has 1 aliphatic heterocycles. The fourth-order valence-corrected chi connectivity index (χ4v) is 5.41. The van der Waals surface area contributed by atoms with Crippen molar-refractivity contribution in [3.8, 4) is 11.4 Å². The predicted molar refractivity (Wildman–Crippen MR) is 147 cm³/mol. The first-order valence-electron chi connectivity index (χ1n) is 13.4. The normalized spacial score (nSPS) is 19.9. The molecule has 3 N–H and O–H groups in total. The van der Waals surface area contributed by atoms with E-state index in [0.717, 1.165) is 47.4 Å². The maximum atomic E-state index is 5.12. The number of rotatable bonds is 6. The number of hydrogen-bond donors (Lipinski definition) is 3. The Kier molecular flexibility index (Phi) is 5.81. The van der Waals surface area contributed by atoms with Crippen LogP contribution in [-0.2, 0) is 0 Å². The molecule has 0 amide bonds. The number of piperidine rings is 1. The second kappa shape index (κ2) is 9.60. The average Bonchev–Trinajstić information content (AvgIpc) is 3.31. The van der Waals surface area contributed by atoms with Gasteiger partial charge in [0.25, 0.3) is 0 Å². The summed E-state index contributed by atoms with van der Waals surface area (Å²) in [5.74, 6) is 3.69. The first kappa shape index (κ1) is 23.0. The molecule has 7 rings (SSSR count). The Hall–Kier alpha value is -4.18. The van der Waals surface area contributed by atoms with Gasteiger partial charge in [-0.15, -0.1) is 5.10 Å². The number of aromatic nitrogens is 7. The summed E-state index contributed by atoms with van der Waals surface area (Å²) in [6, 6.07) is 9.99. The zero-order valence-electron chi connectivity index (χ0n) is 21.3. The molecular formula is C28H30N10. The average molecular weight is 507 g/mol. The van der Waals surface area contributed by atoms with Crippen molar-refractivity contribution in [2.24, 2.45) is 5.92 Å². The Morgan fingerprint density at radius 3 is 2.84 bits per heavy atom. The summed E-state index contributed by atoms with van der Waals surface area (Å²) in [6.07, 6.45) is 12.2. The summed E-state index contributed by atoms with van der Waals surface area (Å²) in [6.45, 7) is 4.29. The van der Waals surface area contributed by atoms with Crippen molar-refractivity contribution in [3.05, 3.63) is 60.7 Å². The Balaban J connectivity index is 1.28. The number of nitrogens with zero attached hydrogens (tertiary/aromatic N) is 7. The van der Waals surface area contributed by atoms with Gasteiger partial charge in [-0.3, -0.25) is 4.98 Å². The maximum Gasteiger partial charge on any atom is 0.248 e. The topological polar surface area (TPSA) is 118 Å². The van der Waals surface area contributed by atoms with Gasteiger partial charge in [-0.25, -0.2) is 19.5 Å². The first-order chi connectivity index (χ1) is 18.7. The van der Waals surface area contributed by atoms with E-state index in [-0.39, 0.29) is 0 Å². The van der Waals surface area contributed by atoms with Crippen LogP contribution in [0.5, 0.6) is 0 Å². The summed E-state index contributed by atoms with van der Waals surface area (Å²) in [5.41, 5.74) is 3.77. The summed E-state index contributed by atoms with van der Waals surface area (Å²) in [4.78, 5) is 23.7. The van der Waals surface area contributed by atoms with Crippen molar-refractivity contribution >= 4 is 34.1 Å². The van der Waals surface area contributed by atoms with Crippen molar-refractivity contribution in [2.75, 3.05) is 23.7 Å². The lowest BCUT2D eigenvalue weighted by atomic mass is 9.79. The van der Waals surface area contributed by atoms with Crippen LogP contribution in [0.15, 0.2) is 55.1 Å². The lowest BCUT2D eigenvalue weighted by Crippen LogP contribution is -2.42. The SMILES string of the molecule is CC1CNCCC1Nc1nc(-c2ccnc(Nc3nc4ccccn4n3)c2)nc2cncc(C3CCC3)c12. The summed E-state index contributed by atoms with van der Waals surface area (Å²) in [5, 5.41) is 16.1. The molecule has 5 aromatic heterocycles. The minimum Gasteiger partial charge on any atom is -0.366 e. The molecular weight excluding hydrogens is 476 g/mol. The van der Waals surface area contributed by atoms with Crippen LogP contribution >= 0.6 is 0 Å². The fraction of sp³-hybridized carbons (Fsp3) is 0.357.